The van der Waals surface area contributed by atoms with Gasteiger partial charge in [0, 0.05) is 17.5 Å². The zero-order valence-corrected chi connectivity index (χ0v) is 11.5. The van der Waals surface area contributed by atoms with Crippen molar-refractivity contribution in [3.8, 4) is 5.75 Å². The number of hydrogen-bond donors (Lipinski definition) is 0. The molecule has 1 atom stereocenters. The number of benzene rings is 2. The number of Topliss-reactive ketones (excluding diaryl/α,β-unsaturated/α-hetero) is 1. The second-order valence-electron chi connectivity index (χ2n) is 4.85. The smallest absolute Gasteiger partial charge is 0.363 e. The van der Waals surface area contributed by atoms with E-state index in [9.17, 15) is 9.59 Å². The van der Waals surface area contributed by atoms with Gasteiger partial charge in [0.05, 0.1) is 7.11 Å². The van der Waals surface area contributed by atoms with Crippen LogP contribution < -0.4 is 4.74 Å². The van der Waals surface area contributed by atoms with Crippen LogP contribution in [0.3, 0.4) is 0 Å². The van der Waals surface area contributed by atoms with Gasteiger partial charge in [-0.25, -0.2) is 4.79 Å². The van der Waals surface area contributed by atoms with E-state index in [1.807, 2.05) is 24.3 Å². The lowest BCUT2D eigenvalue weighted by molar-refractivity contribution is -0.167. The summed E-state index contributed by atoms with van der Waals surface area (Å²) in [4.78, 5) is 25.0. The van der Waals surface area contributed by atoms with Gasteiger partial charge in [-0.1, -0.05) is 48.5 Å². The lowest BCUT2D eigenvalue weighted by Gasteiger charge is -2.35. The number of fused-ring (bicyclic) bond motifs is 1. The van der Waals surface area contributed by atoms with Gasteiger partial charge >= 0.3 is 5.97 Å². The number of hydrogen-bond acceptors (Lipinski definition) is 4. The maximum absolute atomic E-state index is 12.7. The van der Waals surface area contributed by atoms with E-state index < -0.39 is 11.6 Å². The van der Waals surface area contributed by atoms with Crippen molar-refractivity contribution in [2.24, 2.45) is 0 Å². The Hall–Kier alpha value is -2.62. The van der Waals surface area contributed by atoms with E-state index in [0.717, 1.165) is 5.56 Å². The molecule has 1 aliphatic rings. The first-order chi connectivity index (χ1) is 10.2. The van der Waals surface area contributed by atoms with Crippen molar-refractivity contribution in [2.45, 2.75) is 12.0 Å². The second kappa shape index (κ2) is 5.05. The van der Waals surface area contributed by atoms with Crippen molar-refractivity contribution in [1.82, 2.24) is 0 Å². The van der Waals surface area contributed by atoms with Crippen LogP contribution in [0.4, 0.5) is 0 Å². The fourth-order valence-electron chi connectivity index (χ4n) is 2.58. The highest BCUT2D eigenvalue weighted by Crippen LogP contribution is 2.38. The molecule has 0 fully saturated rings. The molecule has 3 rings (SSSR count). The molecule has 0 spiro atoms. The molecule has 0 radical (unpaired) electrons. The molecule has 1 unspecified atom stereocenters. The molecule has 0 N–H and O–H groups in total. The Labute approximate surface area is 122 Å². The SMILES string of the molecule is COC(=O)C1(c2ccccc2)Oc2ccccc2CC1=O. The van der Waals surface area contributed by atoms with Crippen LogP contribution in [0.1, 0.15) is 11.1 Å². The normalized spacial score (nSPS) is 20.3. The first-order valence-electron chi connectivity index (χ1n) is 6.62. The second-order valence-corrected chi connectivity index (χ2v) is 4.85. The van der Waals surface area contributed by atoms with Crippen LogP contribution in [0.2, 0.25) is 0 Å². The van der Waals surface area contributed by atoms with Gasteiger partial charge in [0.15, 0.2) is 5.78 Å². The molecule has 2 aromatic carbocycles. The van der Waals surface area contributed by atoms with Gasteiger partial charge in [-0.05, 0) is 6.07 Å². The third-order valence-electron chi connectivity index (χ3n) is 3.63. The fourth-order valence-corrected chi connectivity index (χ4v) is 2.58. The van der Waals surface area contributed by atoms with Crippen molar-refractivity contribution >= 4 is 11.8 Å². The summed E-state index contributed by atoms with van der Waals surface area (Å²) in [5, 5.41) is 0. The summed E-state index contributed by atoms with van der Waals surface area (Å²) in [6, 6.07) is 15.9. The number of methoxy groups -OCH3 is 1. The molecule has 0 bridgehead atoms. The molecular weight excluding hydrogens is 268 g/mol. The minimum absolute atomic E-state index is 0.139. The van der Waals surface area contributed by atoms with E-state index in [1.54, 1.807) is 30.3 Å². The zero-order valence-electron chi connectivity index (χ0n) is 11.5. The lowest BCUT2D eigenvalue weighted by Crippen LogP contribution is -2.52. The van der Waals surface area contributed by atoms with Gasteiger partial charge in [-0.15, -0.1) is 0 Å². The topological polar surface area (TPSA) is 52.6 Å². The van der Waals surface area contributed by atoms with E-state index in [1.165, 1.54) is 7.11 Å². The van der Waals surface area contributed by atoms with Crippen molar-refractivity contribution in [3.63, 3.8) is 0 Å². The number of esters is 1. The molecule has 1 aliphatic heterocycles. The molecule has 106 valence electrons. The van der Waals surface area contributed by atoms with E-state index in [-0.39, 0.29) is 12.2 Å². The van der Waals surface area contributed by atoms with Gasteiger partial charge in [0.2, 0.25) is 0 Å². The molecule has 0 amide bonds. The molecule has 1 heterocycles. The highest BCUT2D eigenvalue weighted by Gasteiger charge is 2.53. The maximum Gasteiger partial charge on any atom is 0.363 e. The number of para-hydroxylation sites is 1. The molecule has 2 aromatic rings. The molecule has 4 nitrogen and oxygen atoms in total. The molecular formula is C17H14O4. The summed E-state index contributed by atoms with van der Waals surface area (Å²) in [6.07, 6.45) is 0.139. The van der Waals surface area contributed by atoms with Crippen LogP contribution in [0.15, 0.2) is 54.6 Å². The van der Waals surface area contributed by atoms with Crippen LogP contribution in [0, 0.1) is 0 Å². The molecule has 0 aromatic heterocycles. The minimum Gasteiger partial charge on any atom is -0.465 e. The van der Waals surface area contributed by atoms with Crippen molar-refractivity contribution in [2.75, 3.05) is 7.11 Å². The van der Waals surface area contributed by atoms with Crippen molar-refractivity contribution in [3.05, 3.63) is 65.7 Å². The fraction of sp³-hybridized carbons (Fsp3) is 0.176. The average Bonchev–Trinajstić information content (AvgIpc) is 2.54. The number of carbonyl (C=O) groups excluding carboxylic acids is 2. The number of ketones is 1. The highest BCUT2D eigenvalue weighted by molar-refractivity contribution is 6.10. The summed E-state index contributed by atoms with van der Waals surface area (Å²) in [7, 11) is 1.25. The third-order valence-corrected chi connectivity index (χ3v) is 3.63. The first kappa shape index (κ1) is 13.4. The molecule has 0 saturated heterocycles. The number of rotatable bonds is 2. The Kier molecular flexibility index (Phi) is 3.22. The summed E-state index contributed by atoms with van der Waals surface area (Å²) < 4.78 is 10.7. The average molecular weight is 282 g/mol. The zero-order chi connectivity index (χ0) is 14.9. The quantitative estimate of drug-likeness (QED) is 0.626. The summed E-state index contributed by atoms with van der Waals surface area (Å²) in [5.74, 6) is -0.487. The van der Waals surface area contributed by atoms with Crippen LogP contribution in [-0.4, -0.2) is 18.9 Å². The van der Waals surface area contributed by atoms with Gasteiger partial charge in [-0.2, -0.15) is 0 Å². The predicted octanol–water partition coefficient (Wildman–Crippen LogP) is 2.26. The highest BCUT2D eigenvalue weighted by atomic mass is 16.6. The van der Waals surface area contributed by atoms with Crippen molar-refractivity contribution < 1.29 is 19.1 Å². The summed E-state index contributed by atoms with van der Waals surface area (Å²) in [5.41, 5.74) is -0.459. The number of ether oxygens (including phenoxy) is 2. The Balaban J connectivity index is 2.18. The minimum atomic E-state index is -1.72. The third kappa shape index (κ3) is 2.00. The Morgan fingerprint density at radius 1 is 1.10 bits per heavy atom. The van der Waals surface area contributed by atoms with Gasteiger partial charge in [-0.3, -0.25) is 4.79 Å². The maximum atomic E-state index is 12.7. The van der Waals surface area contributed by atoms with E-state index in [4.69, 9.17) is 9.47 Å². The Morgan fingerprint density at radius 2 is 1.76 bits per heavy atom. The van der Waals surface area contributed by atoms with Crippen molar-refractivity contribution in [1.29, 1.82) is 0 Å². The molecule has 4 heteroatoms. The van der Waals surface area contributed by atoms with E-state index >= 15 is 0 Å². The van der Waals surface area contributed by atoms with Crippen LogP contribution >= 0.6 is 0 Å². The Morgan fingerprint density at radius 3 is 2.48 bits per heavy atom. The standard InChI is InChI=1S/C17H14O4/c1-20-16(19)17(13-8-3-2-4-9-13)15(18)11-12-7-5-6-10-14(12)21-17/h2-10H,11H2,1H3. The van der Waals surface area contributed by atoms with E-state index in [0.29, 0.717) is 11.3 Å². The molecule has 0 saturated carbocycles. The summed E-state index contributed by atoms with van der Waals surface area (Å²) >= 11 is 0. The largest absolute Gasteiger partial charge is 0.465 e. The first-order valence-corrected chi connectivity index (χ1v) is 6.62. The molecule has 0 aliphatic carbocycles. The van der Waals surface area contributed by atoms with Gasteiger partial charge < -0.3 is 9.47 Å². The van der Waals surface area contributed by atoms with E-state index in [2.05, 4.69) is 0 Å². The van der Waals surface area contributed by atoms with Crippen LogP contribution in [0.5, 0.6) is 5.75 Å². The van der Waals surface area contributed by atoms with Gasteiger partial charge in [0.25, 0.3) is 5.60 Å². The van der Waals surface area contributed by atoms with Crippen LogP contribution in [0.25, 0.3) is 0 Å². The van der Waals surface area contributed by atoms with Crippen LogP contribution in [-0.2, 0) is 26.3 Å². The number of carbonyl (C=O) groups is 2. The Bertz CT molecular complexity index is 693. The lowest BCUT2D eigenvalue weighted by atomic mass is 9.83. The monoisotopic (exact) mass is 282 g/mol. The van der Waals surface area contributed by atoms with Gasteiger partial charge in [0.1, 0.15) is 5.75 Å². The predicted molar refractivity (Wildman–Crippen MR) is 75.9 cm³/mol. The molecule has 21 heavy (non-hydrogen) atoms. The summed E-state index contributed by atoms with van der Waals surface area (Å²) in [6.45, 7) is 0.